The molecule has 3 N–H and O–H groups in total. The van der Waals surface area contributed by atoms with Crippen molar-refractivity contribution >= 4 is 0 Å². The summed E-state index contributed by atoms with van der Waals surface area (Å²) in [5, 5.41) is 29.9. The molecular weight excluding hydrogens is 292 g/mol. The number of aliphatic hydroxyl groups excluding tert-OH is 3. The van der Waals surface area contributed by atoms with Crippen LogP contribution in [0.5, 0.6) is 0 Å². The highest BCUT2D eigenvalue weighted by Crippen LogP contribution is 2.36. The zero-order valence-corrected chi connectivity index (χ0v) is 13.7. The van der Waals surface area contributed by atoms with E-state index in [1.54, 1.807) is 6.08 Å². The molecule has 0 spiro atoms. The van der Waals surface area contributed by atoms with E-state index in [1.165, 1.54) is 12.7 Å². The summed E-state index contributed by atoms with van der Waals surface area (Å²) in [6, 6.07) is 10.1. The minimum absolute atomic E-state index is 0.0221. The molecule has 1 saturated carbocycles. The van der Waals surface area contributed by atoms with Gasteiger partial charge in [-0.3, -0.25) is 0 Å². The van der Waals surface area contributed by atoms with Crippen LogP contribution in [-0.4, -0.2) is 40.9 Å². The second-order valence-electron chi connectivity index (χ2n) is 6.38. The molecule has 1 aromatic rings. The first-order chi connectivity index (χ1) is 11.1. The Balaban J connectivity index is 1.84. The molecule has 128 valence electrons. The normalized spacial score (nSPS) is 27.4. The van der Waals surface area contributed by atoms with E-state index < -0.39 is 18.5 Å². The van der Waals surface area contributed by atoms with Crippen LogP contribution < -0.4 is 0 Å². The largest absolute Gasteiger partial charge is 0.393 e. The Morgan fingerprint density at radius 1 is 1.22 bits per heavy atom. The Morgan fingerprint density at radius 3 is 2.65 bits per heavy atom. The van der Waals surface area contributed by atoms with E-state index >= 15 is 0 Å². The van der Waals surface area contributed by atoms with Crippen molar-refractivity contribution in [2.75, 3.05) is 7.11 Å². The number of hydrogen-bond donors (Lipinski definition) is 3. The number of aliphatic hydroxyl groups is 3. The van der Waals surface area contributed by atoms with Gasteiger partial charge in [0.1, 0.15) is 0 Å². The van der Waals surface area contributed by atoms with Crippen LogP contribution in [0.15, 0.2) is 42.5 Å². The highest BCUT2D eigenvalue weighted by Gasteiger charge is 2.34. The maximum Gasteiger partial charge on any atom is 0.154 e. The SMILES string of the molecule is COC(O)C[C@H]1CC[C@@H](O)[C@@H]1/C=C/C(O)CCc1ccccc1. The van der Waals surface area contributed by atoms with Crippen molar-refractivity contribution in [3.05, 3.63) is 48.0 Å². The second kappa shape index (κ2) is 9.18. The van der Waals surface area contributed by atoms with Gasteiger partial charge >= 0.3 is 0 Å². The first-order valence-corrected chi connectivity index (χ1v) is 8.39. The summed E-state index contributed by atoms with van der Waals surface area (Å²) in [6.45, 7) is 0. The minimum atomic E-state index is -0.788. The topological polar surface area (TPSA) is 69.9 Å². The molecule has 0 aromatic heterocycles. The Bertz CT molecular complexity index is 474. The van der Waals surface area contributed by atoms with Crippen molar-refractivity contribution in [2.24, 2.45) is 11.8 Å². The van der Waals surface area contributed by atoms with Crippen LogP contribution in [0.2, 0.25) is 0 Å². The van der Waals surface area contributed by atoms with E-state index in [2.05, 4.69) is 12.1 Å². The predicted octanol–water partition coefficient (Wildman–Crippen LogP) is 2.28. The van der Waals surface area contributed by atoms with Crippen molar-refractivity contribution < 1.29 is 20.1 Å². The lowest BCUT2D eigenvalue weighted by atomic mass is 9.90. The van der Waals surface area contributed by atoms with Gasteiger partial charge in [-0.05, 0) is 37.2 Å². The van der Waals surface area contributed by atoms with E-state index in [0.29, 0.717) is 12.8 Å². The number of rotatable bonds is 8. The summed E-state index contributed by atoms with van der Waals surface area (Å²) >= 11 is 0. The van der Waals surface area contributed by atoms with Crippen LogP contribution in [0.3, 0.4) is 0 Å². The first kappa shape index (κ1) is 18.1. The van der Waals surface area contributed by atoms with E-state index in [9.17, 15) is 15.3 Å². The molecule has 0 radical (unpaired) electrons. The lowest BCUT2D eigenvalue weighted by molar-refractivity contribution is -0.0897. The van der Waals surface area contributed by atoms with Gasteiger partial charge in [0.25, 0.3) is 0 Å². The molecule has 2 unspecified atom stereocenters. The van der Waals surface area contributed by atoms with Crippen LogP contribution in [-0.2, 0) is 11.2 Å². The smallest absolute Gasteiger partial charge is 0.154 e. The molecule has 2 rings (SSSR count). The van der Waals surface area contributed by atoms with Crippen LogP contribution in [0.1, 0.15) is 31.2 Å². The molecule has 1 aliphatic carbocycles. The lowest BCUT2D eigenvalue weighted by Gasteiger charge is -2.21. The third-order valence-electron chi connectivity index (χ3n) is 4.73. The minimum Gasteiger partial charge on any atom is -0.393 e. The first-order valence-electron chi connectivity index (χ1n) is 8.39. The Hall–Kier alpha value is -1.20. The van der Waals surface area contributed by atoms with Crippen LogP contribution in [0.4, 0.5) is 0 Å². The lowest BCUT2D eigenvalue weighted by Crippen LogP contribution is -2.22. The fourth-order valence-electron chi connectivity index (χ4n) is 3.31. The van der Waals surface area contributed by atoms with Gasteiger partial charge in [0.2, 0.25) is 0 Å². The highest BCUT2D eigenvalue weighted by atomic mass is 16.6. The van der Waals surface area contributed by atoms with Crippen molar-refractivity contribution in [1.29, 1.82) is 0 Å². The maximum absolute atomic E-state index is 10.1. The molecule has 4 nitrogen and oxygen atoms in total. The fraction of sp³-hybridized carbons (Fsp3) is 0.579. The summed E-state index contributed by atoms with van der Waals surface area (Å²) in [4.78, 5) is 0. The molecule has 0 aliphatic heterocycles. The van der Waals surface area contributed by atoms with E-state index in [4.69, 9.17) is 4.74 Å². The molecule has 0 bridgehead atoms. The Kier molecular flexibility index (Phi) is 7.24. The van der Waals surface area contributed by atoms with Crippen molar-refractivity contribution in [1.82, 2.24) is 0 Å². The zero-order chi connectivity index (χ0) is 16.7. The molecule has 1 aliphatic rings. The van der Waals surface area contributed by atoms with Crippen LogP contribution in [0.25, 0.3) is 0 Å². The molecule has 0 heterocycles. The molecule has 5 atom stereocenters. The zero-order valence-electron chi connectivity index (χ0n) is 13.7. The third-order valence-corrected chi connectivity index (χ3v) is 4.73. The summed E-state index contributed by atoms with van der Waals surface area (Å²) in [7, 11) is 1.48. The van der Waals surface area contributed by atoms with Crippen LogP contribution in [0, 0.1) is 11.8 Å². The van der Waals surface area contributed by atoms with Crippen LogP contribution >= 0.6 is 0 Å². The summed E-state index contributed by atoms with van der Waals surface area (Å²) in [6.07, 6.45) is 5.60. The van der Waals surface area contributed by atoms with Gasteiger partial charge in [-0.25, -0.2) is 0 Å². The second-order valence-corrected chi connectivity index (χ2v) is 6.38. The Morgan fingerprint density at radius 2 is 1.96 bits per heavy atom. The Labute approximate surface area is 138 Å². The molecular formula is C19H28O4. The van der Waals surface area contributed by atoms with E-state index in [0.717, 1.165) is 19.3 Å². The number of aryl methyl sites for hydroxylation is 1. The molecule has 1 aromatic carbocycles. The molecule has 23 heavy (non-hydrogen) atoms. The average Bonchev–Trinajstić information content (AvgIpc) is 2.91. The standard InChI is InChI=1S/C19H28O4/c1-23-19(22)13-15-8-12-18(21)17(15)11-10-16(20)9-7-14-5-3-2-4-6-14/h2-6,10-11,15-22H,7-9,12-13H2,1H3/b11-10+/t15-,16?,17-,18-,19?/m1/s1. The van der Waals surface area contributed by atoms with Crippen molar-refractivity contribution in [3.8, 4) is 0 Å². The third kappa shape index (κ3) is 5.74. The number of hydrogen-bond acceptors (Lipinski definition) is 4. The van der Waals surface area contributed by atoms with E-state index in [-0.39, 0.29) is 11.8 Å². The van der Waals surface area contributed by atoms with Gasteiger partial charge in [0.15, 0.2) is 6.29 Å². The van der Waals surface area contributed by atoms with Crippen molar-refractivity contribution in [2.45, 2.75) is 50.6 Å². The maximum atomic E-state index is 10.1. The number of methoxy groups -OCH3 is 1. The highest BCUT2D eigenvalue weighted by molar-refractivity contribution is 5.15. The summed E-state index contributed by atoms with van der Waals surface area (Å²) in [5.74, 6) is 0.170. The van der Waals surface area contributed by atoms with E-state index in [1.807, 2.05) is 24.3 Å². The number of ether oxygens (including phenoxy) is 1. The quantitative estimate of drug-likeness (QED) is 0.508. The average molecular weight is 320 g/mol. The van der Waals surface area contributed by atoms with Gasteiger partial charge in [-0.1, -0.05) is 42.5 Å². The predicted molar refractivity (Wildman–Crippen MR) is 89.8 cm³/mol. The summed E-state index contributed by atoms with van der Waals surface area (Å²) < 4.78 is 4.91. The van der Waals surface area contributed by atoms with Gasteiger partial charge in [0.05, 0.1) is 12.2 Å². The number of benzene rings is 1. The van der Waals surface area contributed by atoms with Gasteiger partial charge in [0, 0.05) is 19.4 Å². The van der Waals surface area contributed by atoms with Gasteiger partial charge in [-0.2, -0.15) is 0 Å². The fourth-order valence-corrected chi connectivity index (χ4v) is 3.31. The van der Waals surface area contributed by atoms with Gasteiger partial charge < -0.3 is 20.1 Å². The molecule has 0 amide bonds. The summed E-state index contributed by atoms with van der Waals surface area (Å²) in [5.41, 5.74) is 1.21. The van der Waals surface area contributed by atoms with Crippen molar-refractivity contribution in [3.63, 3.8) is 0 Å². The monoisotopic (exact) mass is 320 g/mol. The molecule has 0 saturated heterocycles. The molecule has 1 fully saturated rings. The van der Waals surface area contributed by atoms with Gasteiger partial charge in [-0.15, -0.1) is 0 Å². The molecule has 4 heteroatoms.